The number of rotatable bonds is 2. The van der Waals surface area contributed by atoms with Crippen molar-refractivity contribution in [1.82, 2.24) is 0 Å². The Kier molecular flexibility index (Phi) is 4.43. The Morgan fingerprint density at radius 3 is 2.62 bits per heavy atom. The van der Waals surface area contributed by atoms with E-state index in [1.807, 2.05) is 18.7 Å². The second-order valence-electron chi connectivity index (χ2n) is 5.24. The maximum absolute atomic E-state index is 12.8. The molecule has 1 aromatic carbocycles. The largest absolute Gasteiger partial charge is 0.416 e. The van der Waals surface area contributed by atoms with Gasteiger partial charge in [-0.25, -0.2) is 0 Å². The number of alkyl halides is 3. The first-order valence-corrected chi connectivity index (χ1v) is 7.00. The second-order valence-corrected chi connectivity index (χ2v) is 5.68. The summed E-state index contributed by atoms with van der Waals surface area (Å²) in [6.45, 7) is 4.97. The van der Waals surface area contributed by atoms with E-state index in [4.69, 9.17) is 22.7 Å². The van der Waals surface area contributed by atoms with E-state index in [1.165, 1.54) is 6.07 Å². The smallest absolute Gasteiger partial charge is 0.389 e. The monoisotopic (exact) mass is 318 g/mol. The molecule has 2 N–H and O–H groups in total. The molecule has 0 saturated carbocycles. The van der Waals surface area contributed by atoms with Gasteiger partial charge in [-0.05, 0) is 32.0 Å². The molecule has 0 spiro atoms. The summed E-state index contributed by atoms with van der Waals surface area (Å²) < 4.78 is 44.0. The molecule has 0 radical (unpaired) electrons. The first-order valence-electron chi connectivity index (χ1n) is 6.59. The number of nitrogens with two attached hydrogens (primary N) is 1. The van der Waals surface area contributed by atoms with E-state index in [9.17, 15) is 13.2 Å². The number of thiocarbonyl (C=S) groups is 1. The number of nitrogens with zero attached hydrogens (tertiary/aromatic N) is 1. The Labute approximate surface area is 126 Å². The number of hydrogen-bond acceptors (Lipinski definition) is 3. The van der Waals surface area contributed by atoms with Crippen molar-refractivity contribution in [2.75, 3.05) is 18.1 Å². The summed E-state index contributed by atoms with van der Waals surface area (Å²) in [7, 11) is 0. The summed E-state index contributed by atoms with van der Waals surface area (Å²) in [6, 6.07) is 3.56. The fraction of sp³-hybridized carbons (Fsp3) is 0.500. The second kappa shape index (κ2) is 5.81. The fourth-order valence-corrected chi connectivity index (χ4v) is 2.56. The summed E-state index contributed by atoms with van der Waals surface area (Å²) in [6.07, 6.45) is -4.41. The molecule has 7 heteroatoms. The van der Waals surface area contributed by atoms with Gasteiger partial charge in [-0.15, -0.1) is 0 Å². The summed E-state index contributed by atoms with van der Waals surface area (Å²) in [5.74, 6) is 0. The van der Waals surface area contributed by atoms with Gasteiger partial charge in [0.2, 0.25) is 0 Å². The highest BCUT2D eigenvalue weighted by Gasteiger charge is 2.33. The Morgan fingerprint density at radius 1 is 1.38 bits per heavy atom. The minimum absolute atomic E-state index is 0.00249. The molecule has 0 amide bonds. The van der Waals surface area contributed by atoms with Crippen LogP contribution in [0, 0.1) is 0 Å². The highest BCUT2D eigenvalue weighted by Crippen LogP contribution is 2.34. The lowest BCUT2D eigenvalue weighted by atomic mass is 10.0. The van der Waals surface area contributed by atoms with E-state index in [0.29, 0.717) is 18.8 Å². The third-order valence-electron chi connectivity index (χ3n) is 3.51. The molecule has 0 bridgehead atoms. The van der Waals surface area contributed by atoms with Gasteiger partial charge < -0.3 is 15.4 Å². The predicted octanol–water partition coefficient (Wildman–Crippen LogP) is 2.95. The van der Waals surface area contributed by atoms with Crippen LogP contribution in [0.15, 0.2) is 18.2 Å². The lowest BCUT2D eigenvalue weighted by Gasteiger charge is -2.39. The Bertz CT molecular complexity index is 548. The SMILES string of the molecule is CC1CN(c2ccc(C(F)(F)F)cc2C(N)=S)C(C)CO1. The average molecular weight is 318 g/mol. The number of halogens is 3. The van der Waals surface area contributed by atoms with Gasteiger partial charge in [0.1, 0.15) is 4.99 Å². The normalized spacial score (nSPS) is 23.2. The number of hydrogen-bond donors (Lipinski definition) is 1. The molecule has 0 aliphatic carbocycles. The predicted molar refractivity (Wildman–Crippen MR) is 79.6 cm³/mol. The van der Waals surface area contributed by atoms with Crippen LogP contribution in [0.3, 0.4) is 0 Å². The number of anilines is 1. The third kappa shape index (κ3) is 3.47. The molecule has 1 aromatic rings. The van der Waals surface area contributed by atoms with Gasteiger partial charge in [0.05, 0.1) is 18.3 Å². The molecular weight excluding hydrogens is 301 g/mol. The fourth-order valence-electron chi connectivity index (χ4n) is 2.40. The van der Waals surface area contributed by atoms with E-state index in [0.717, 1.165) is 12.1 Å². The molecular formula is C14H17F3N2OS. The Morgan fingerprint density at radius 2 is 2.05 bits per heavy atom. The highest BCUT2D eigenvalue weighted by molar-refractivity contribution is 7.80. The molecule has 1 aliphatic rings. The summed E-state index contributed by atoms with van der Waals surface area (Å²) in [5.41, 5.74) is 5.75. The Hall–Kier alpha value is -1.34. The maximum Gasteiger partial charge on any atom is 0.416 e. The van der Waals surface area contributed by atoms with Crippen molar-refractivity contribution in [2.24, 2.45) is 5.73 Å². The van der Waals surface area contributed by atoms with Gasteiger partial charge in [-0.3, -0.25) is 0 Å². The lowest BCUT2D eigenvalue weighted by molar-refractivity contribution is -0.137. The van der Waals surface area contributed by atoms with Crippen molar-refractivity contribution in [3.05, 3.63) is 29.3 Å². The summed E-state index contributed by atoms with van der Waals surface area (Å²) in [5, 5.41) is 0. The lowest BCUT2D eigenvalue weighted by Crippen LogP contribution is -2.48. The Balaban J connectivity index is 2.45. The van der Waals surface area contributed by atoms with Crippen LogP contribution in [0.1, 0.15) is 25.0 Å². The summed E-state index contributed by atoms with van der Waals surface area (Å²) in [4.78, 5) is 1.95. The molecule has 116 valence electrons. The minimum Gasteiger partial charge on any atom is -0.389 e. The molecule has 3 nitrogen and oxygen atoms in total. The molecule has 0 aromatic heterocycles. The van der Waals surface area contributed by atoms with Gasteiger partial charge >= 0.3 is 6.18 Å². The third-order valence-corrected chi connectivity index (χ3v) is 3.73. The van der Waals surface area contributed by atoms with E-state index in [2.05, 4.69) is 0 Å². The quantitative estimate of drug-likeness (QED) is 0.851. The first kappa shape index (κ1) is 16.0. The molecule has 2 unspecified atom stereocenters. The minimum atomic E-state index is -4.41. The van der Waals surface area contributed by atoms with Crippen molar-refractivity contribution in [2.45, 2.75) is 32.2 Å². The molecule has 1 fully saturated rings. The van der Waals surface area contributed by atoms with Crippen LogP contribution >= 0.6 is 12.2 Å². The molecule has 1 aliphatic heterocycles. The van der Waals surface area contributed by atoms with Crippen molar-refractivity contribution >= 4 is 22.9 Å². The van der Waals surface area contributed by atoms with Crippen molar-refractivity contribution in [3.63, 3.8) is 0 Å². The van der Waals surface area contributed by atoms with Crippen LogP contribution in [0.5, 0.6) is 0 Å². The van der Waals surface area contributed by atoms with Crippen LogP contribution in [0.2, 0.25) is 0 Å². The molecule has 2 rings (SSSR count). The zero-order chi connectivity index (χ0) is 15.8. The molecule has 2 atom stereocenters. The standard InChI is InChI=1S/C14H17F3N2OS/c1-8-7-20-9(2)6-19(8)12-4-3-10(14(15,16)17)5-11(12)13(18)21/h3-5,8-9H,6-7H2,1-2H3,(H2,18,21). The zero-order valence-corrected chi connectivity index (χ0v) is 12.6. The molecule has 1 heterocycles. The van der Waals surface area contributed by atoms with Crippen molar-refractivity contribution in [1.29, 1.82) is 0 Å². The van der Waals surface area contributed by atoms with E-state index in [1.54, 1.807) is 0 Å². The number of morpholine rings is 1. The van der Waals surface area contributed by atoms with Crippen LogP contribution in [-0.4, -0.2) is 30.3 Å². The van der Waals surface area contributed by atoms with Crippen LogP contribution in [0.4, 0.5) is 18.9 Å². The zero-order valence-electron chi connectivity index (χ0n) is 11.8. The van der Waals surface area contributed by atoms with Gasteiger partial charge in [-0.2, -0.15) is 13.2 Å². The molecule has 1 saturated heterocycles. The maximum atomic E-state index is 12.8. The van der Waals surface area contributed by atoms with Crippen LogP contribution in [-0.2, 0) is 10.9 Å². The average Bonchev–Trinajstić information content (AvgIpc) is 2.40. The highest BCUT2D eigenvalue weighted by atomic mass is 32.1. The van der Waals surface area contributed by atoms with Gasteiger partial charge in [-0.1, -0.05) is 12.2 Å². The summed E-state index contributed by atoms with van der Waals surface area (Å²) >= 11 is 4.92. The van der Waals surface area contributed by atoms with E-state index >= 15 is 0 Å². The van der Waals surface area contributed by atoms with Crippen LogP contribution < -0.4 is 10.6 Å². The first-order chi connectivity index (χ1) is 9.70. The van der Waals surface area contributed by atoms with Gasteiger partial charge in [0, 0.05) is 23.8 Å². The topological polar surface area (TPSA) is 38.5 Å². The van der Waals surface area contributed by atoms with Gasteiger partial charge in [0.25, 0.3) is 0 Å². The van der Waals surface area contributed by atoms with Crippen LogP contribution in [0.25, 0.3) is 0 Å². The molecule has 21 heavy (non-hydrogen) atoms. The number of benzene rings is 1. The van der Waals surface area contributed by atoms with E-state index in [-0.39, 0.29) is 22.7 Å². The number of ether oxygens (including phenoxy) is 1. The van der Waals surface area contributed by atoms with E-state index < -0.39 is 11.7 Å². The van der Waals surface area contributed by atoms with Crippen molar-refractivity contribution < 1.29 is 17.9 Å². The van der Waals surface area contributed by atoms with Crippen molar-refractivity contribution in [3.8, 4) is 0 Å². The van der Waals surface area contributed by atoms with Gasteiger partial charge in [0.15, 0.2) is 0 Å².